The number of hydrogen-bond acceptors (Lipinski definition) is 6. The van der Waals surface area contributed by atoms with E-state index in [-0.39, 0.29) is 0 Å². The van der Waals surface area contributed by atoms with Crippen LogP contribution in [0.2, 0.25) is 0 Å². The van der Waals surface area contributed by atoms with Gasteiger partial charge < -0.3 is 5.73 Å². The van der Waals surface area contributed by atoms with Gasteiger partial charge in [0.2, 0.25) is 5.13 Å². The van der Waals surface area contributed by atoms with Gasteiger partial charge in [0.25, 0.3) is 0 Å². The third-order valence-corrected chi connectivity index (χ3v) is 4.03. The molecule has 0 aliphatic carbocycles. The molecule has 0 amide bonds. The van der Waals surface area contributed by atoms with E-state index in [4.69, 9.17) is 5.73 Å². The van der Waals surface area contributed by atoms with E-state index in [0.717, 1.165) is 17.4 Å². The largest absolute Gasteiger partial charge is 0.374 e. The standard InChI is InChI=1S/C8H16N4S2/c1-4-12(5-2)6(3)13-8-11-10-7(9)14-8/h6H,4-5H2,1-3H3,(H2,9,10). The summed E-state index contributed by atoms with van der Waals surface area (Å²) >= 11 is 3.16. The quantitative estimate of drug-likeness (QED) is 0.621. The van der Waals surface area contributed by atoms with Crippen LogP contribution >= 0.6 is 23.1 Å². The minimum atomic E-state index is 0.428. The molecule has 1 heterocycles. The summed E-state index contributed by atoms with van der Waals surface area (Å²) in [6.07, 6.45) is 0. The Bertz CT molecular complexity index is 272. The minimum Gasteiger partial charge on any atom is -0.374 e. The van der Waals surface area contributed by atoms with E-state index in [1.807, 2.05) is 0 Å². The number of nitrogens with two attached hydrogens (primary N) is 1. The van der Waals surface area contributed by atoms with Crippen molar-refractivity contribution in [2.45, 2.75) is 30.5 Å². The third kappa shape index (κ3) is 3.11. The van der Waals surface area contributed by atoms with Gasteiger partial charge in [0.15, 0.2) is 4.34 Å². The van der Waals surface area contributed by atoms with Gasteiger partial charge >= 0.3 is 0 Å². The normalized spacial score (nSPS) is 13.4. The molecule has 0 saturated heterocycles. The maximum atomic E-state index is 5.51. The monoisotopic (exact) mass is 232 g/mol. The number of anilines is 1. The number of nitrogen functional groups attached to an aromatic ring is 1. The topological polar surface area (TPSA) is 55.0 Å². The van der Waals surface area contributed by atoms with Crippen LogP contribution in [0.5, 0.6) is 0 Å². The van der Waals surface area contributed by atoms with Crippen molar-refractivity contribution in [3.05, 3.63) is 0 Å². The van der Waals surface area contributed by atoms with Crippen LogP contribution in [0.4, 0.5) is 5.13 Å². The summed E-state index contributed by atoms with van der Waals surface area (Å²) in [4.78, 5) is 2.36. The highest BCUT2D eigenvalue weighted by Crippen LogP contribution is 2.28. The van der Waals surface area contributed by atoms with E-state index < -0.39 is 0 Å². The van der Waals surface area contributed by atoms with Gasteiger partial charge in [-0.15, -0.1) is 10.2 Å². The fourth-order valence-corrected chi connectivity index (χ4v) is 3.26. The molecule has 1 aromatic rings. The van der Waals surface area contributed by atoms with Gasteiger partial charge in [-0.1, -0.05) is 36.9 Å². The van der Waals surface area contributed by atoms with Crippen molar-refractivity contribution in [3.8, 4) is 0 Å². The molecule has 14 heavy (non-hydrogen) atoms. The second-order valence-corrected chi connectivity index (χ2v) is 5.42. The van der Waals surface area contributed by atoms with Crippen LogP contribution in [0.3, 0.4) is 0 Å². The SMILES string of the molecule is CCN(CC)C(C)Sc1nnc(N)s1. The highest BCUT2D eigenvalue weighted by Gasteiger charge is 2.13. The maximum Gasteiger partial charge on any atom is 0.203 e. The summed E-state index contributed by atoms with van der Waals surface area (Å²) in [5.41, 5.74) is 5.51. The van der Waals surface area contributed by atoms with Crippen molar-refractivity contribution in [1.82, 2.24) is 15.1 Å². The average Bonchev–Trinajstić information content (AvgIpc) is 2.53. The molecule has 0 saturated carbocycles. The summed E-state index contributed by atoms with van der Waals surface area (Å²) < 4.78 is 0.946. The van der Waals surface area contributed by atoms with Gasteiger partial charge in [0, 0.05) is 0 Å². The van der Waals surface area contributed by atoms with Crippen LogP contribution in [0, 0.1) is 0 Å². The Morgan fingerprint density at radius 2 is 2.07 bits per heavy atom. The number of hydrogen-bond donors (Lipinski definition) is 1. The van der Waals surface area contributed by atoms with Crippen LogP contribution in [-0.2, 0) is 0 Å². The first kappa shape index (κ1) is 11.7. The zero-order chi connectivity index (χ0) is 10.6. The van der Waals surface area contributed by atoms with E-state index in [1.165, 1.54) is 11.3 Å². The molecule has 0 aromatic carbocycles. The predicted molar refractivity (Wildman–Crippen MR) is 62.6 cm³/mol. The predicted octanol–water partition coefficient (Wildman–Crippen LogP) is 1.90. The molecule has 0 aliphatic rings. The summed E-state index contributed by atoms with van der Waals surface area (Å²) in [5, 5.41) is 8.74. The molecule has 0 fully saturated rings. The fourth-order valence-electron chi connectivity index (χ4n) is 1.23. The van der Waals surface area contributed by atoms with E-state index in [1.54, 1.807) is 11.8 Å². The third-order valence-electron chi connectivity index (χ3n) is 2.02. The highest BCUT2D eigenvalue weighted by atomic mass is 32.2. The molecular formula is C8H16N4S2. The highest BCUT2D eigenvalue weighted by molar-refractivity contribution is 8.01. The van der Waals surface area contributed by atoms with Crippen LogP contribution in [-0.4, -0.2) is 33.6 Å². The Morgan fingerprint density at radius 3 is 2.50 bits per heavy atom. The first-order chi connectivity index (χ1) is 6.67. The van der Waals surface area contributed by atoms with Crippen molar-refractivity contribution in [2.24, 2.45) is 0 Å². The second kappa shape index (κ2) is 5.53. The number of thioether (sulfide) groups is 1. The van der Waals surface area contributed by atoms with Gasteiger partial charge in [-0.3, -0.25) is 4.90 Å². The van der Waals surface area contributed by atoms with E-state index in [2.05, 4.69) is 35.9 Å². The van der Waals surface area contributed by atoms with E-state index in [9.17, 15) is 0 Å². The maximum absolute atomic E-state index is 5.51. The molecule has 1 atom stereocenters. The molecule has 0 radical (unpaired) electrons. The van der Waals surface area contributed by atoms with Crippen molar-refractivity contribution in [1.29, 1.82) is 0 Å². The number of rotatable bonds is 5. The lowest BCUT2D eigenvalue weighted by Crippen LogP contribution is -2.30. The molecule has 2 N–H and O–H groups in total. The van der Waals surface area contributed by atoms with Crippen molar-refractivity contribution < 1.29 is 0 Å². The molecule has 1 rings (SSSR count). The fraction of sp³-hybridized carbons (Fsp3) is 0.750. The summed E-state index contributed by atoms with van der Waals surface area (Å²) in [5.74, 6) is 0. The van der Waals surface area contributed by atoms with Gasteiger partial charge in [0.1, 0.15) is 0 Å². The number of nitrogens with zero attached hydrogens (tertiary/aromatic N) is 3. The second-order valence-electron chi connectivity index (χ2n) is 2.84. The Labute approximate surface area is 92.9 Å². The summed E-state index contributed by atoms with van der Waals surface area (Å²) in [6, 6.07) is 0. The van der Waals surface area contributed by atoms with Crippen molar-refractivity contribution in [2.75, 3.05) is 18.8 Å². The lowest BCUT2D eigenvalue weighted by Gasteiger charge is -2.24. The van der Waals surface area contributed by atoms with Crippen LogP contribution < -0.4 is 5.73 Å². The summed E-state index contributed by atoms with van der Waals surface area (Å²) in [6.45, 7) is 8.61. The molecule has 1 unspecified atom stereocenters. The van der Waals surface area contributed by atoms with Gasteiger partial charge in [-0.05, 0) is 20.0 Å². The molecule has 80 valence electrons. The molecule has 1 aromatic heterocycles. The molecule has 0 spiro atoms. The lowest BCUT2D eigenvalue weighted by molar-refractivity contribution is 0.297. The van der Waals surface area contributed by atoms with Gasteiger partial charge in [-0.2, -0.15) is 0 Å². The molecule has 4 nitrogen and oxygen atoms in total. The van der Waals surface area contributed by atoms with Crippen LogP contribution in [0.25, 0.3) is 0 Å². The molecule has 0 bridgehead atoms. The molecule has 6 heteroatoms. The van der Waals surface area contributed by atoms with Crippen LogP contribution in [0.15, 0.2) is 4.34 Å². The van der Waals surface area contributed by atoms with Crippen molar-refractivity contribution in [3.63, 3.8) is 0 Å². The first-order valence-electron chi connectivity index (χ1n) is 4.67. The van der Waals surface area contributed by atoms with Gasteiger partial charge in [-0.25, -0.2) is 0 Å². The molecular weight excluding hydrogens is 216 g/mol. The van der Waals surface area contributed by atoms with E-state index in [0.29, 0.717) is 10.5 Å². The van der Waals surface area contributed by atoms with Gasteiger partial charge in [0.05, 0.1) is 5.37 Å². The average molecular weight is 232 g/mol. The summed E-state index contributed by atoms with van der Waals surface area (Å²) in [7, 11) is 0. The lowest BCUT2D eigenvalue weighted by atomic mass is 10.5. The first-order valence-corrected chi connectivity index (χ1v) is 6.36. The zero-order valence-corrected chi connectivity index (χ0v) is 10.4. The Kier molecular flexibility index (Phi) is 4.64. The zero-order valence-electron chi connectivity index (χ0n) is 8.73. The smallest absolute Gasteiger partial charge is 0.203 e. The minimum absolute atomic E-state index is 0.428. The number of aromatic nitrogens is 2. The Balaban J connectivity index is 2.51. The van der Waals surface area contributed by atoms with Crippen LogP contribution in [0.1, 0.15) is 20.8 Å². The Morgan fingerprint density at radius 1 is 1.43 bits per heavy atom. The van der Waals surface area contributed by atoms with Crippen molar-refractivity contribution >= 4 is 28.2 Å². The molecule has 0 aliphatic heterocycles. The van der Waals surface area contributed by atoms with E-state index >= 15 is 0 Å². The Hall–Kier alpha value is -0.330.